The predicted molar refractivity (Wildman–Crippen MR) is 70.2 cm³/mol. The molecular weight excluding hydrogens is 234 g/mol. The highest BCUT2D eigenvalue weighted by Crippen LogP contribution is 2.39. The summed E-state index contributed by atoms with van der Waals surface area (Å²) in [6.07, 6.45) is 7.23. The summed E-state index contributed by atoms with van der Waals surface area (Å²) in [6.45, 7) is 3.26. The first-order valence-electron chi connectivity index (χ1n) is 6.18. The molecule has 1 saturated carbocycles. The molecule has 1 fully saturated rings. The van der Waals surface area contributed by atoms with Crippen LogP contribution in [-0.4, -0.2) is 38.8 Å². The van der Waals surface area contributed by atoms with E-state index in [4.69, 9.17) is 0 Å². The number of hydrogen-bond donors (Lipinski definition) is 2. The van der Waals surface area contributed by atoms with Gasteiger partial charge in [0.25, 0.3) is 0 Å². The molecule has 2 atom stereocenters. The molecule has 0 radical (unpaired) electrons. The summed E-state index contributed by atoms with van der Waals surface area (Å²) in [7, 11) is 1.94. The van der Waals surface area contributed by atoms with Crippen molar-refractivity contribution in [3.05, 3.63) is 12.4 Å². The highest BCUT2D eigenvalue weighted by Gasteiger charge is 2.38. The summed E-state index contributed by atoms with van der Waals surface area (Å²) in [6, 6.07) is 0. The highest BCUT2D eigenvalue weighted by molar-refractivity contribution is 8.00. The first-order chi connectivity index (χ1) is 8.17. The van der Waals surface area contributed by atoms with Crippen molar-refractivity contribution in [2.24, 2.45) is 7.05 Å². The van der Waals surface area contributed by atoms with Crippen LogP contribution < -0.4 is 5.32 Å². The normalized spacial score (nSPS) is 28.8. The second-order valence-electron chi connectivity index (χ2n) is 4.80. The van der Waals surface area contributed by atoms with Crippen molar-refractivity contribution < 1.29 is 5.11 Å². The number of aliphatic hydroxyl groups is 1. The topological polar surface area (TPSA) is 50.1 Å². The molecule has 2 N–H and O–H groups in total. The van der Waals surface area contributed by atoms with Crippen LogP contribution in [-0.2, 0) is 7.05 Å². The van der Waals surface area contributed by atoms with Crippen LogP contribution in [0.2, 0.25) is 0 Å². The van der Waals surface area contributed by atoms with Gasteiger partial charge in [0, 0.05) is 28.9 Å². The number of aliphatic hydroxyl groups excluding tert-OH is 1. The molecule has 1 aliphatic rings. The fraction of sp³-hybridized carbons (Fsp3) is 0.750. The lowest BCUT2D eigenvalue weighted by molar-refractivity contribution is 0.167. The lowest BCUT2D eigenvalue weighted by Crippen LogP contribution is -2.46. The third-order valence-electron chi connectivity index (χ3n) is 3.40. The molecule has 0 amide bonds. The van der Waals surface area contributed by atoms with E-state index < -0.39 is 0 Å². The lowest BCUT2D eigenvalue weighted by Gasteiger charge is -2.27. The first kappa shape index (κ1) is 12.9. The van der Waals surface area contributed by atoms with Gasteiger partial charge in [0.2, 0.25) is 0 Å². The fourth-order valence-electron chi connectivity index (χ4n) is 2.56. The maximum absolute atomic E-state index is 9.55. The van der Waals surface area contributed by atoms with Gasteiger partial charge in [-0.2, -0.15) is 5.10 Å². The second-order valence-corrected chi connectivity index (χ2v) is 6.17. The molecule has 17 heavy (non-hydrogen) atoms. The van der Waals surface area contributed by atoms with E-state index in [9.17, 15) is 5.11 Å². The number of likely N-dealkylation sites (N-methyl/N-ethyl adjacent to an activating group) is 1. The van der Waals surface area contributed by atoms with Crippen molar-refractivity contribution in [3.8, 4) is 0 Å². The molecule has 0 spiro atoms. The fourth-order valence-corrected chi connectivity index (χ4v) is 3.91. The molecule has 1 heterocycles. The molecule has 1 aromatic rings. The van der Waals surface area contributed by atoms with Gasteiger partial charge in [-0.15, -0.1) is 11.8 Å². The zero-order chi connectivity index (χ0) is 12.3. The second kappa shape index (κ2) is 5.42. The average molecular weight is 255 g/mol. The smallest absolute Gasteiger partial charge is 0.0625 e. The molecule has 2 unspecified atom stereocenters. The summed E-state index contributed by atoms with van der Waals surface area (Å²) >= 11 is 1.88. The van der Waals surface area contributed by atoms with E-state index in [-0.39, 0.29) is 12.1 Å². The quantitative estimate of drug-likeness (QED) is 0.835. The molecular formula is C12H21N3OS. The predicted octanol–water partition coefficient (Wildman–Crippen LogP) is 1.41. The van der Waals surface area contributed by atoms with Crippen molar-refractivity contribution in [2.75, 3.05) is 13.2 Å². The molecule has 0 aromatic carbocycles. The van der Waals surface area contributed by atoms with Crippen LogP contribution in [0.15, 0.2) is 17.3 Å². The van der Waals surface area contributed by atoms with Gasteiger partial charge in [-0.1, -0.05) is 6.92 Å². The Morgan fingerprint density at radius 2 is 2.53 bits per heavy atom. The van der Waals surface area contributed by atoms with Crippen LogP contribution in [0.3, 0.4) is 0 Å². The Bertz CT molecular complexity index is 368. The van der Waals surface area contributed by atoms with Crippen molar-refractivity contribution in [3.63, 3.8) is 0 Å². The summed E-state index contributed by atoms with van der Waals surface area (Å²) in [4.78, 5) is 1.22. The number of aromatic nitrogens is 2. The minimum Gasteiger partial charge on any atom is -0.394 e. The van der Waals surface area contributed by atoms with E-state index >= 15 is 0 Å². The molecule has 0 saturated heterocycles. The summed E-state index contributed by atoms with van der Waals surface area (Å²) in [5, 5.41) is 17.8. The number of nitrogens with one attached hydrogen (secondary N) is 1. The number of nitrogens with zero attached hydrogens (tertiary/aromatic N) is 2. The van der Waals surface area contributed by atoms with Crippen LogP contribution in [0.1, 0.15) is 26.2 Å². The van der Waals surface area contributed by atoms with Gasteiger partial charge >= 0.3 is 0 Å². The molecule has 1 aliphatic carbocycles. The van der Waals surface area contributed by atoms with Gasteiger partial charge in [-0.3, -0.25) is 4.68 Å². The van der Waals surface area contributed by atoms with Crippen molar-refractivity contribution in [2.45, 2.75) is 41.9 Å². The maximum atomic E-state index is 9.55. The van der Waals surface area contributed by atoms with Gasteiger partial charge in [0.15, 0.2) is 0 Å². The van der Waals surface area contributed by atoms with E-state index in [1.807, 2.05) is 29.7 Å². The average Bonchev–Trinajstić information content (AvgIpc) is 2.88. The Balaban J connectivity index is 1.93. The molecule has 0 bridgehead atoms. The van der Waals surface area contributed by atoms with Crippen LogP contribution in [0.4, 0.5) is 0 Å². The largest absolute Gasteiger partial charge is 0.394 e. The molecule has 96 valence electrons. The molecule has 0 aliphatic heterocycles. The summed E-state index contributed by atoms with van der Waals surface area (Å²) in [5.41, 5.74) is -0.0470. The van der Waals surface area contributed by atoms with Crippen LogP contribution >= 0.6 is 11.8 Å². The Labute approximate surface area is 107 Å². The van der Waals surface area contributed by atoms with Crippen LogP contribution in [0, 0.1) is 0 Å². The maximum Gasteiger partial charge on any atom is 0.0625 e. The molecule has 4 nitrogen and oxygen atoms in total. The van der Waals surface area contributed by atoms with Crippen LogP contribution in [0.25, 0.3) is 0 Å². The Hall–Kier alpha value is -0.520. The van der Waals surface area contributed by atoms with Gasteiger partial charge in [-0.25, -0.2) is 0 Å². The number of aryl methyl sites for hydroxylation is 1. The zero-order valence-corrected chi connectivity index (χ0v) is 11.3. The third kappa shape index (κ3) is 3.03. The Kier molecular flexibility index (Phi) is 4.12. The van der Waals surface area contributed by atoms with Gasteiger partial charge in [0.05, 0.1) is 12.8 Å². The standard InChI is InChI=1S/C12H21N3OS/c1-3-13-12(9-16)5-4-10(6-12)17-11-7-14-15(2)8-11/h7-8,10,13,16H,3-6,9H2,1-2H3. The minimum absolute atomic E-state index is 0.0470. The van der Waals surface area contributed by atoms with Gasteiger partial charge in [0.1, 0.15) is 0 Å². The Morgan fingerprint density at radius 3 is 3.12 bits per heavy atom. The number of hydrogen-bond acceptors (Lipinski definition) is 4. The van der Waals surface area contributed by atoms with E-state index in [1.165, 1.54) is 4.90 Å². The third-order valence-corrected chi connectivity index (χ3v) is 4.62. The van der Waals surface area contributed by atoms with Crippen molar-refractivity contribution >= 4 is 11.8 Å². The Morgan fingerprint density at radius 1 is 1.71 bits per heavy atom. The molecule has 2 rings (SSSR count). The van der Waals surface area contributed by atoms with Crippen molar-refractivity contribution in [1.82, 2.24) is 15.1 Å². The molecule has 5 heteroatoms. The number of thioether (sulfide) groups is 1. The van der Waals surface area contributed by atoms with E-state index in [2.05, 4.69) is 23.5 Å². The van der Waals surface area contributed by atoms with E-state index in [0.717, 1.165) is 25.8 Å². The number of rotatable bonds is 5. The summed E-state index contributed by atoms with van der Waals surface area (Å²) < 4.78 is 1.83. The first-order valence-corrected chi connectivity index (χ1v) is 7.06. The summed E-state index contributed by atoms with van der Waals surface area (Å²) in [5.74, 6) is 0. The van der Waals surface area contributed by atoms with Gasteiger partial charge < -0.3 is 10.4 Å². The van der Waals surface area contributed by atoms with Crippen LogP contribution in [0.5, 0.6) is 0 Å². The SMILES string of the molecule is CCNC1(CO)CCC(Sc2cnn(C)c2)C1. The van der Waals surface area contributed by atoms with Crippen molar-refractivity contribution in [1.29, 1.82) is 0 Å². The molecule has 1 aromatic heterocycles. The zero-order valence-electron chi connectivity index (χ0n) is 10.5. The monoisotopic (exact) mass is 255 g/mol. The minimum atomic E-state index is -0.0470. The highest BCUT2D eigenvalue weighted by atomic mass is 32.2. The van der Waals surface area contributed by atoms with Gasteiger partial charge in [-0.05, 0) is 25.8 Å². The lowest BCUT2D eigenvalue weighted by atomic mass is 9.99. The van der Waals surface area contributed by atoms with E-state index in [1.54, 1.807) is 0 Å². The van der Waals surface area contributed by atoms with E-state index in [0.29, 0.717) is 5.25 Å².